The van der Waals surface area contributed by atoms with Gasteiger partial charge in [0.1, 0.15) is 6.07 Å². The number of benzene rings is 2. The van der Waals surface area contributed by atoms with Crippen molar-refractivity contribution in [2.24, 2.45) is 5.92 Å². The summed E-state index contributed by atoms with van der Waals surface area (Å²) < 4.78 is 38.5. The second-order valence-electron chi connectivity index (χ2n) is 7.97. The van der Waals surface area contributed by atoms with Gasteiger partial charge in [0.25, 0.3) is 0 Å². The molecule has 2 aromatic carbocycles. The van der Waals surface area contributed by atoms with Crippen LogP contribution in [-0.4, -0.2) is 51.5 Å². The maximum absolute atomic E-state index is 13.0. The molecule has 1 fully saturated rings. The van der Waals surface area contributed by atoms with Gasteiger partial charge in [0, 0.05) is 25.6 Å². The summed E-state index contributed by atoms with van der Waals surface area (Å²) in [5.41, 5.74) is 1.16. The summed E-state index contributed by atoms with van der Waals surface area (Å²) in [6, 6.07) is 13.9. The number of hydrogen-bond acceptors (Lipinski definition) is 6. The van der Waals surface area contributed by atoms with Crippen molar-refractivity contribution in [3.63, 3.8) is 0 Å². The number of piperidine rings is 1. The number of carbonyl (C=O) groups is 1. The average Bonchev–Trinajstić information content (AvgIpc) is 2.85. The van der Waals surface area contributed by atoms with Gasteiger partial charge in [-0.15, -0.1) is 0 Å². The maximum Gasteiger partial charge on any atom is 0.244 e. The number of rotatable bonds is 10. The van der Waals surface area contributed by atoms with Crippen molar-refractivity contribution in [3.05, 3.63) is 53.6 Å². The highest BCUT2D eigenvalue weighted by atomic mass is 32.2. The summed E-state index contributed by atoms with van der Waals surface area (Å²) in [5.74, 6) is 1.10. The fourth-order valence-corrected chi connectivity index (χ4v) is 5.62. The van der Waals surface area contributed by atoms with E-state index in [1.54, 1.807) is 12.1 Å². The van der Waals surface area contributed by atoms with Crippen molar-refractivity contribution >= 4 is 15.9 Å². The predicted octanol–water partition coefficient (Wildman–Crippen LogP) is 3.12. The normalized spacial score (nSPS) is 14.9. The average molecular weight is 486 g/mol. The smallest absolute Gasteiger partial charge is 0.244 e. The molecule has 0 aromatic heterocycles. The largest absolute Gasteiger partial charge is 0.490 e. The summed E-state index contributed by atoms with van der Waals surface area (Å²) in [7, 11) is -3.77. The Hall–Kier alpha value is -3.09. The van der Waals surface area contributed by atoms with Crippen LogP contribution < -0.4 is 14.8 Å². The molecule has 0 bridgehead atoms. The molecule has 8 nitrogen and oxygen atoms in total. The lowest BCUT2D eigenvalue weighted by Gasteiger charge is -2.30. The van der Waals surface area contributed by atoms with E-state index >= 15 is 0 Å². The number of amides is 1. The molecule has 1 aliphatic heterocycles. The molecule has 1 aliphatic rings. The van der Waals surface area contributed by atoms with Crippen molar-refractivity contribution in [1.29, 1.82) is 5.26 Å². The van der Waals surface area contributed by atoms with E-state index in [4.69, 9.17) is 9.47 Å². The van der Waals surface area contributed by atoms with Gasteiger partial charge in [0.15, 0.2) is 11.5 Å². The highest BCUT2D eigenvalue weighted by Gasteiger charge is 2.33. The van der Waals surface area contributed by atoms with Crippen LogP contribution in [-0.2, 0) is 21.2 Å². The first kappa shape index (κ1) is 25.5. The van der Waals surface area contributed by atoms with E-state index in [9.17, 15) is 18.5 Å². The summed E-state index contributed by atoms with van der Waals surface area (Å²) >= 11 is 0. The fourth-order valence-electron chi connectivity index (χ4n) is 4.01. The molecule has 1 saturated heterocycles. The molecule has 182 valence electrons. The molecule has 0 atom stereocenters. The molecule has 1 amide bonds. The molecular weight excluding hydrogens is 454 g/mol. The van der Waals surface area contributed by atoms with E-state index in [2.05, 4.69) is 5.32 Å². The van der Waals surface area contributed by atoms with Crippen LogP contribution in [0.15, 0.2) is 47.4 Å². The Kier molecular flexibility index (Phi) is 8.91. The first-order valence-corrected chi connectivity index (χ1v) is 13.0. The van der Waals surface area contributed by atoms with Gasteiger partial charge in [-0.3, -0.25) is 4.79 Å². The number of nitrogens with one attached hydrogen (secondary N) is 1. The Bertz CT molecular complexity index is 1140. The zero-order valence-electron chi connectivity index (χ0n) is 19.6. The van der Waals surface area contributed by atoms with E-state index in [-0.39, 0.29) is 35.4 Å². The molecule has 0 unspecified atom stereocenters. The summed E-state index contributed by atoms with van der Waals surface area (Å²) in [6.45, 7) is 5.91. The van der Waals surface area contributed by atoms with Gasteiger partial charge in [-0.05, 0) is 62.9 Å². The van der Waals surface area contributed by atoms with Crippen LogP contribution in [0.1, 0.15) is 37.8 Å². The molecular formula is C25H31N3O5S. The SMILES string of the molecule is CCOc1ccc(CCNC(=O)C2CCN(S(=O)(=O)c3ccccc3C#N)CC2)cc1OCC. The third kappa shape index (κ3) is 6.07. The Labute approximate surface area is 201 Å². The lowest BCUT2D eigenvalue weighted by atomic mass is 9.97. The van der Waals surface area contributed by atoms with Crippen LogP contribution in [0.2, 0.25) is 0 Å². The van der Waals surface area contributed by atoms with Crippen LogP contribution in [0.4, 0.5) is 0 Å². The molecule has 3 rings (SSSR count). The minimum Gasteiger partial charge on any atom is -0.490 e. The van der Waals surface area contributed by atoms with Gasteiger partial charge in [0.2, 0.25) is 15.9 Å². The zero-order valence-corrected chi connectivity index (χ0v) is 20.4. The Morgan fingerprint density at radius 3 is 2.44 bits per heavy atom. The van der Waals surface area contributed by atoms with Crippen LogP contribution >= 0.6 is 0 Å². The highest BCUT2D eigenvalue weighted by Crippen LogP contribution is 2.29. The molecule has 0 radical (unpaired) electrons. The Morgan fingerprint density at radius 1 is 1.09 bits per heavy atom. The number of nitrogens with zero attached hydrogens (tertiary/aromatic N) is 2. The van der Waals surface area contributed by atoms with Crippen molar-refractivity contribution in [2.45, 2.75) is 38.0 Å². The van der Waals surface area contributed by atoms with Gasteiger partial charge in [-0.2, -0.15) is 9.57 Å². The number of ether oxygens (including phenoxy) is 2. The van der Waals surface area contributed by atoms with E-state index in [0.717, 1.165) is 5.56 Å². The molecule has 0 spiro atoms. The van der Waals surface area contributed by atoms with E-state index in [1.807, 2.05) is 38.1 Å². The molecule has 0 aliphatic carbocycles. The molecule has 1 heterocycles. The third-order valence-corrected chi connectivity index (χ3v) is 7.73. The molecule has 9 heteroatoms. The van der Waals surface area contributed by atoms with E-state index in [1.165, 1.54) is 16.4 Å². The van der Waals surface area contributed by atoms with Crippen molar-refractivity contribution in [1.82, 2.24) is 9.62 Å². The van der Waals surface area contributed by atoms with Crippen LogP contribution in [0.5, 0.6) is 11.5 Å². The standard InChI is InChI=1S/C25H31N3O5S/c1-3-32-22-10-9-19(17-23(22)33-4-2)11-14-27-25(29)20-12-15-28(16-13-20)34(30,31)24-8-6-5-7-21(24)18-26/h5-10,17,20H,3-4,11-16H2,1-2H3,(H,27,29). The molecule has 2 aromatic rings. The summed E-state index contributed by atoms with van der Waals surface area (Å²) in [5, 5.41) is 12.2. The maximum atomic E-state index is 13.0. The monoisotopic (exact) mass is 485 g/mol. The van der Waals surface area contributed by atoms with Crippen molar-refractivity contribution in [2.75, 3.05) is 32.8 Å². The van der Waals surface area contributed by atoms with Gasteiger partial charge >= 0.3 is 0 Å². The molecule has 0 saturated carbocycles. The van der Waals surface area contributed by atoms with Gasteiger partial charge in [-0.1, -0.05) is 18.2 Å². The Balaban J connectivity index is 1.52. The fraction of sp³-hybridized carbons (Fsp3) is 0.440. The molecule has 1 N–H and O–H groups in total. The minimum absolute atomic E-state index is 0.0159. The summed E-state index contributed by atoms with van der Waals surface area (Å²) in [6.07, 6.45) is 1.53. The zero-order chi connectivity index (χ0) is 24.6. The number of carbonyl (C=O) groups excluding carboxylic acids is 1. The van der Waals surface area contributed by atoms with Gasteiger partial charge in [0.05, 0.1) is 23.7 Å². The number of hydrogen-bond donors (Lipinski definition) is 1. The minimum atomic E-state index is -3.77. The lowest BCUT2D eigenvalue weighted by Crippen LogP contribution is -2.43. The lowest BCUT2D eigenvalue weighted by molar-refractivity contribution is -0.126. The van der Waals surface area contributed by atoms with Crippen molar-refractivity contribution < 1.29 is 22.7 Å². The predicted molar refractivity (Wildman–Crippen MR) is 128 cm³/mol. The van der Waals surface area contributed by atoms with Crippen molar-refractivity contribution in [3.8, 4) is 17.6 Å². The number of sulfonamides is 1. The molecule has 34 heavy (non-hydrogen) atoms. The van der Waals surface area contributed by atoms with Gasteiger partial charge in [-0.25, -0.2) is 8.42 Å². The van der Waals surface area contributed by atoms with Gasteiger partial charge < -0.3 is 14.8 Å². The second-order valence-corrected chi connectivity index (χ2v) is 9.88. The summed E-state index contributed by atoms with van der Waals surface area (Å²) in [4.78, 5) is 12.7. The number of nitriles is 1. The third-order valence-electron chi connectivity index (χ3n) is 5.77. The van der Waals surface area contributed by atoms with E-state index < -0.39 is 10.0 Å². The first-order valence-electron chi connectivity index (χ1n) is 11.6. The topological polar surface area (TPSA) is 109 Å². The van der Waals surface area contributed by atoms with Crippen LogP contribution in [0.3, 0.4) is 0 Å². The quantitative estimate of drug-likeness (QED) is 0.554. The Morgan fingerprint density at radius 2 is 1.76 bits per heavy atom. The van der Waals surface area contributed by atoms with Crippen LogP contribution in [0.25, 0.3) is 0 Å². The second kappa shape index (κ2) is 11.9. The van der Waals surface area contributed by atoms with Crippen LogP contribution in [0, 0.1) is 17.2 Å². The highest BCUT2D eigenvalue weighted by molar-refractivity contribution is 7.89. The van der Waals surface area contributed by atoms with E-state index in [0.29, 0.717) is 50.5 Å². The first-order chi connectivity index (χ1) is 16.4.